The molecule has 0 aliphatic carbocycles. The summed E-state index contributed by atoms with van der Waals surface area (Å²) in [4.78, 5) is 11.7. The number of nitriles is 1. The van der Waals surface area contributed by atoms with E-state index in [-0.39, 0.29) is 11.8 Å². The molecule has 0 bridgehead atoms. The first-order valence-corrected chi connectivity index (χ1v) is 16.5. The SMILES string of the molecule is CCc1cnc(Nc2ccc(N3CCOCC3)cc2)nc1-c1cnn(C(CC#N)CC2CCN(S(=O)(=O)CC)CC2)c1. The van der Waals surface area contributed by atoms with Crippen LogP contribution in [-0.2, 0) is 21.2 Å². The van der Waals surface area contributed by atoms with Crippen LogP contribution in [-0.4, -0.2) is 77.6 Å². The van der Waals surface area contributed by atoms with Crippen LogP contribution in [0.4, 0.5) is 17.3 Å². The van der Waals surface area contributed by atoms with Gasteiger partial charge < -0.3 is 15.0 Å². The standard InChI is InChI=1S/C30H40N8O3S/c1-3-24-20-32-30(34-26-5-7-27(8-6-26)36-15-17-41-18-16-36)35-29(24)25-21-33-38(22-25)28(9-12-31)19-23-10-13-37(14-11-23)42(39,40)4-2/h5-8,20-23,28H,3-4,9-11,13-19H2,1-2H3,(H,32,34,35). The van der Waals surface area contributed by atoms with E-state index in [2.05, 4.69) is 45.4 Å². The van der Waals surface area contributed by atoms with Crippen LogP contribution < -0.4 is 10.2 Å². The molecule has 0 saturated carbocycles. The van der Waals surface area contributed by atoms with E-state index >= 15 is 0 Å². The molecule has 2 saturated heterocycles. The molecule has 224 valence electrons. The van der Waals surface area contributed by atoms with Crippen molar-refractivity contribution in [3.05, 3.63) is 48.4 Å². The molecule has 5 rings (SSSR count). The summed E-state index contributed by atoms with van der Waals surface area (Å²) in [5.74, 6) is 0.984. The van der Waals surface area contributed by atoms with E-state index in [0.717, 1.165) is 74.5 Å². The summed E-state index contributed by atoms with van der Waals surface area (Å²) in [6.45, 7) is 8.12. The Labute approximate surface area is 248 Å². The molecule has 1 N–H and O–H groups in total. The predicted molar refractivity (Wildman–Crippen MR) is 163 cm³/mol. The van der Waals surface area contributed by atoms with E-state index in [1.807, 2.05) is 35.4 Å². The second-order valence-electron chi connectivity index (χ2n) is 10.9. The van der Waals surface area contributed by atoms with Gasteiger partial charge in [0.25, 0.3) is 0 Å². The van der Waals surface area contributed by atoms with Crippen LogP contribution in [0.1, 0.15) is 51.1 Å². The maximum Gasteiger partial charge on any atom is 0.227 e. The van der Waals surface area contributed by atoms with Crippen molar-refractivity contribution in [2.75, 3.05) is 55.4 Å². The Morgan fingerprint density at radius 3 is 2.50 bits per heavy atom. The molecule has 4 heterocycles. The fourth-order valence-electron chi connectivity index (χ4n) is 5.72. The van der Waals surface area contributed by atoms with Crippen molar-refractivity contribution < 1.29 is 13.2 Å². The molecule has 0 radical (unpaired) electrons. The van der Waals surface area contributed by atoms with Gasteiger partial charge in [-0.1, -0.05) is 6.92 Å². The monoisotopic (exact) mass is 592 g/mol. The van der Waals surface area contributed by atoms with Crippen LogP contribution in [0.25, 0.3) is 11.3 Å². The van der Waals surface area contributed by atoms with Gasteiger partial charge in [-0.25, -0.2) is 22.7 Å². The lowest BCUT2D eigenvalue weighted by atomic mass is 9.90. The summed E-state index contributed by atoms with van der Waals surface area (Å²) in [6, 6.07) is 10.5. The molecule has 1 unspecified atom stereocenters. The van der Waals surface area contributed by atoms with Crippen molar-refractivity contribution in [2.24, 2.45) is 5.92 Å². The van der Waals surface area contributed by atoms with Crippen LogP contribution in [0.5, 0.6) is 0 Å². The molecular formula is C30H40N8O3S. The van der Waals surface area contributed by atoms with Crippen molar-refractivity contribution in [3.63, 3.8) is 0 Å². The molecule has 2 aliphatic heterocycles. The third-order valence-corrected chi connectivity index (χ3v) is 10.1. The van der Waals surface area contributed by atoms with Crippen molar-refractivity contribution in [2.45, 2.75) is 52.0 Å². The zero-order valence-electron chi connectivity index (χ0n) is 24.4. The highest BCUT2D eigenvalue weighted by Gasteiger charge is 2.29. The summed E-state index contributed by atoms with van der Waals surface area (Å²) >= 11 is 0. The number of piperidine rings is 1. The molecule has 42 heavy (non-hydrogen) atoms. The number of aryl methyl sites for hydroxylation is 1. The Morgan fingerprint density at radius 1 is 1.10 bits per heavy atom. The van der Waals surface area contributed by atoms with E-state index in [4.69, 9.17) is 9.72 Å². The molecular weight excluding hydrogens is 552 g/mol. The summed E-state index contributed by atoms with van der Waals surface area (Å²) < 4.78 is 33.4. The molecule has 2 aliphatic rings. The lowest BCUT2D eigenvalue weighted by molar-refractivity contribution is 0.122. The lowest BCUT2D eigenvalue weighted by Crippen LogP contribution is -2.39. The van der Waals surface area contributed by atoms with E-state index in [9.17, 15) is 13.7 Å². The van der Waals surface area contributed by atoms with E-state index in [1.54, 1.807) is 11.2 Å². The molecule has 2 aromatic heterocycles. The number of nitrogens with zero attached hydrogens (tertiary/aromatic N) is 7. The molecule has 3 aromatic rings. The van der Waals surface area contributed by atoms with E-state index < -0.39 is 10.0 Å². The number of nitrogens with one attached hydrogen (secondary N) is 1. The Balaban J connectivity index is 1.28. The second kappa shape index (κ2) is 13.6. The summed E-state index contributed by atoms with van der Waals surface area (Å²) in [5, 5.41) is 17.6. The highest BCUT2D eigenvalue weighted by molar-refractivity contribution is 7.89. The second-order valence-corrected chi connectivity index (χ2v) is 13.2. The first-order valence-electron chi connectivity index (χ1n) is 14.8. The predicted octanol–water partition coefficient (Wildman–Crippen LogP) is 4.39. The Bertz CT molecular complexity index is 1470. The third-order valence-electron chi connectivity index (χ3n) is 8.26. The van der Waals surface area contributed by atoms with Crippen LogP contribution in [0, 0.1) is 17.2 Å². The average molecular weight is 593 g/mol. The van der Waals surface area contributed by atoms with Crippen molar-refractivity contribution in [1.82, 2.24) is 24.1 Å². The third kappa shape index (κ3) is 7.09. The fourth-order valence-corrected chi connectivity index (χ4v) is 6.85. The number of ether oxygens (including phenoxy) is 1. The van der Waals surface area contributed by atoms with Crippen molar-refractivity contribution >= 4 is 27.3 Å². The van der Waals surface area contributed by atoms with E-state index in [1.165, 1.54) is 5.69 Å². The van der Waals surface area contributed by atoms with Gasteiger partial charge in [-0.2, -0.15) is 10.4 Å². The van der Waals surface area contributed by atoms with Gasteiger partial charge in [0.2, 0.25) is 16.0 Å². The van der Waals surface area contributed by atoms with Gasteiger partial charge in [0.05, 0.1) is 49.4 Å². The summed E-state index contributed by atoms with van der Waals surface area (Å²) in [5.41, 5.74) is 4.79. The van der Waals surface area contributed by atoms with Crippen LogP contribution >= 0.6 is 0 Å². The van der Waals surface area contributed by atoms with Gasteiger partial charge in [-0.3, -0.25) is 4.68 Å². The van der Waals surface area contributed by atoms with Gasteiger partial charge in [-0.05, 0) is 68.4 Å². The first-order chi connectivity index (χ1) is 20.4. The highest BCUT2D eigenvalue weighted by Crippen LogP contribution is 2.31. The van der Waals surface area contributed by atoms with Crippen molar-refractivity contribution in [3.8, 4) is 17.3 Å². The largest absolute Gasteiger partial charge is 0.378 e. The zero-order chi connectivity index (χ0) is 29.5. The number of hydrogen-bond donors (Lipinski definition) is 1. The van der Waals surface area contributed by atoms with Gasteiger partial charge in [0.15, 0.2) is 0 Å². The van der Waals surface area contributed by atoms with Crippen LogP contribution in [0.2, 0.25) is 0 Å². The average Bonchev–Trinajstić information content (AvgIpc) is 3.52. The minimum atomic E-state index is -3.16. The summed E-state index contributed by atoms with van der Waals surface area (Å²) in [7, 11) is -3.16. The number of rotatable bonds is 11. The Hall–Kier alpha value is -3.53. The molecule has 11 nitrogen and oxygen atoms in total. The van der Waals surface area contributed by atoms with Crippen LogP contribution in [0.3, 0.4) is 0 Å². The Kier molecular flexibility index (Phi) is 9.72. The smallest absolute Gasteiger partial charge is 0.227 e. The normalized spacial score (nSPS) is 17.6. The minimum Gasteiger partial charge on any atom is -0.378 e. The number of aromatic nitrogens is 4. The maximum absolute atomic E-state index is 12.2. The topological polar surface area (TPSA) is 129 Å². The number of sulfonamides is 1. The molecule has 0 amide bonds. The van der Waals surface area contributed by atoms with Gasteiger partial charge in [0, 0.05) is 55.5 Å². The number of morpholine rings is 1. The van der Waals surface area contributed by atoms with Crippen LogP contribution in [0.15, 0.2) is 42.9 Å². The first kappa shape index (κ1) is 29.9. The van der Waals surface area contributed by atoms with Crippen molar-refractivity contribution in [1.29, 1.82) is 5.26 Å². The molecule has 0 spiro atoms. The van der Waals surface area contributed by atoms with Gasteiger partial charge in [0.1, 0.15) is 0 Å². The lowest BCUT2D eigenvalue weighted by Gasteiger charge is -2.32. The highest BCUT2D eigenvalue weighted by atomic mass is 32.2. The maximum atomic E-state index is 12.2. The minimum absolute atomic E-state index is 0.0856. The molecule has 12 heteroatoms. The number of hydrogen-bond acceptors (Lipinski definition) is 9. The Morgan fingerprint density at radius 2 is 1.83 bits per heavy atom. The zero-order valence-corrected chi connectivity index (χ0v) is 25.3. The molecule has 1 atom stereocenters. The fraction of sp³-hybridized carbons (Fsp3) is 0.533. The quantitative estimate of drug-likeness (QED) is 0.345. The summed E-state index contributed by atoms with van der Waals surface area (Å²) in [6.07, 6.45) is 9.13. The molecule has 1 aromatic carbocycles. The molecule has 2 fully saturated rings. The number of anilines is 3. The van der Waals surface area contributed by atoms with Gasteiger partial charge >= 0.3 is 0 Å². The van der Waals surface area contributed by atoms with E-state index in [0.29, 0.717) is 31.4 Å². The van der Waals surface area contributed by atoms with Gasteiger partial charge in [-0.15, -0.1) is 0 Å². The number of benzene rings is 1.